The van der Waals surface area contributed by atoms with Crippen molar-refractivity contribution >= 4 is 11.8 Å². The van der Waals surface area contributed by atoms with Gasteiger partial charge in [-0.25, -0.2) is 0 Å². The second-order valence-electron chi connectivity index (χ2n) is 10.4. The molecule has 2 amide bonds. The van der Waals surface area contributed by atoms with E-state index >= 15 is 0 Å². The molecule has 8 nitrogen and oxygen atoms in total. The molecule has 3 aliphatic rings. The Morgan fingerprint density at radius 1 is 1.09 bits per heavy atom. The highest BCUT2D eigenvalue weighted by Crippen LogP contribution is 2.34. The first-order valence-corrected chi connectivity index (χ1v) is 12.7. The summed E-state index contributed by atoms with van der Waals surface area (Å²) in [6.45, 7) is 8.13. The molecular formula is C26H37N5O3. The minimum Gasteiger partial charge on any atom is -0.463 e. The second kappa shape index (κ2) is 9.58. The molecule has 8 heteroatoms. The van der Waals surface area contributed by atoms with Gasteiger partial charge in [-0.2, -0.15) is 0 Å². The molecule has 4 heterocycles. The Bertz CT molecular complexity index is 1000. The van der Waals surface area contributed by atoms with E-state index in [9.17, 15) is 9.59 Å². The molecule has 184 valence electrons. The number of nitrogens with zero attached hydrogens (tertiary/aromatic N) is 4. The van der Waals surface area contributed by atoms with Crippen molar-refractivity contribution in [3.05, 3.63) is 36.2 Å². The van der Waals surface area contributed by atoms with Gasteiger partial charge in [0.05, 0.1) is 18.5 Å². The largest absolute Gasteiger partial charge is 0.463 e. The second-order valence-corrected chi connectivity index (χ2v) is 10.4. The van der Waals surface area contributed by atoms with Gasteiger partial charge in [-0.15, -0.1) is 0 Å². The number of furan rings is 1. The van der Waals surface area contributed by atoms with E-state index in [1.807, 2.05) is 40.7 Å². The third-order valence-electron chi connectivity index (χ3n) is 7.91. The van der Waals surface area contributed by atoms with E-state index in [0.29, 0.717) is 24.5 Å². The van der Waals surface area contributed by atoms with Crippen LogP contribution in [0.25, 0.3) is 11.5 Å². The summed E-state index contributed by atoms with van der Waals surface area (Å²) < 4.78 is 7.59. The lowest BCUT2D eigenvalue weighted by Crippen LogP contribution is -2.65. The van der Waals surface area contributed by atoms with Gasteiger partial charge in [-0.3, -0.25) is 9.59 Å². The predicted molar refractivity (Wildman–Crippen MR) is 131 cm³/mol. The van der Waals surface area contributed by atoms with Crippen LogP contribution in [0.4, 0.5) is 0 Å². The highest BCUT2D eigenvalue weighted by atomic mass is 16.3. The molecule has 2 fully saturated rings. The molecule has 5 rings (SSSR count). The van der Waals surface area contributed by atoms with Crippen LogP contribution in [0, 0.1) is 0 Å². The third-order valence-corrected chi connectivity index (χ3v) is 7.91. The maximum atomic E-state index is 13.8. The molecule has 1 N–H and O–H groups in total. The summed E-state index contributed by atoms with van der Waals surface area (Å²) in [5, 5.41) is 3.28. The zero-order chi connectivity index (χ0) is 23.7. The van der Waals surface area contributed by atoms with Crippen LogP contribution in [-0.2, 0) is 11.3 Å². The number of nitrogens with one attached hydrogen (secondary N) is 1. The molecular weight excluding hydrogens is 430 g/mol. The number of amides is 2. The number of rotatable bonds is 7. The van der Waals surface area contributed by atoms with Crippen LogP contribution in [0.3, 0.4) is 0 Å². The Labute approximate surface area is 201 Å². The van der Waals surface area contributed by atoms with Gasteiger partial charge in [0.1, 0.15) is 17.0 Å². The van der Waals surface area contributed by atoms with Gasteiger partial charge in [-0.1, -0.05) is 12.8 Å². The average Bonchev–Trinajstić information content (AvgIpc) is 3.59. The average molecular weight is 468 g/mol. The van der Waals surface area contributed by atoms with E-state index in [0.717, 1.165) is 70.5 Å². The molecule has 0 spiro atoms. The number of hydrogen-bond donors (Lipinski definition) is 1. The van der Waals surface area contributed by atoms with Crippen molar-refractivity contribution in [2.45, 2.75) is 57.2 Å². The number of hydrogen-bond acceptors (Lipinski definition) is 5. The fraction of sp³-hybridized carbons (Fsp3) is 0.615. The Morgan fingerprint density at radius 2 is 1.82 bits per heavy atom. The fourth-order valence-electron chi connectivity index (χ4n) is 5.70. The summed E-state index contributed by atoms with van der Waals surface area (Å²) >= 11 is 0. The molecule has 0 radical (unpaired) electrons. The zero-order valence-corrected chi connectivity index (χ0v) is 20.5. The number of piperazine rings is 1. The lowest BCUT2D eigenvalue weighted by molar-refractivity contribution is -0.133. The maximum absolute atomic E-state index is 13.8. The van der Waals surface area contributed by atoms with Crippen molar-refractivity contribution in [2.75, 3.05) is 46.3 Å². The summed E-state index contributed by atoms with van der Waals surface area (Å²) in [7, 11) is 2.16. The topological polar surface area (TPSA) is 74.0 Å². The number of aromatic nitrogens is 1. The molecule has 0 bridgehead atoms. The summed E-state index contributed by atoms with van der Waals surface area (Å²) in [6, 6.07) is 7.74. The summed E-state index contributed by atoms with van der Waals surface area (Å²) in [4.78, 5) is 34.1. The maximum Gasteiger partial charge on any atom is 0.271 e. The minimum absolute atomic E-state index is 0.0444. The van der Waals surface area contributed by atoms with Crippen LogP contribution < -0.4 is 5.32 Å². The molecule has 2 aliphatic heterocycles. The number of likely N-dealkylation sites (N-methyl/N-ethyl adjacent to an activating group) is 1. The van der Waals surface area contributed by atoms with E-state index in [1.165, 1.54) is 0 Å². The first-order chi connectivity index (χ1) is 16.5. The van der Waals surface area contributed by atoms with E-state index in [2.05, 4.69) is 22.2 Å². The lowest BCUT2D eigenvalue weighted by Gasteiger charge is -2.45. The standard InChI is InChI=1S/C26H37N5O3/c1-26(25(33)27-20-7-3-4-8-20)19-30-21(23-9-5-18-34-23)10-11-22(30)24(32)31(26)13-6-12-29-16-14-28(2)15-17-29/h5,9-11,18,20H,3-4,6-8,12-17,19H2,1-2H3,(H,27,33)/t26-/m0/s1. The molecule has 0 unspecified atom stereocenters. The van der Waals surface area contributed by atoms with E-state index in [4.69, 9.17) is 4.42 Å². The van der Waals surface area contributed by atoms with Crippen LogP contribution >= 0.6 is 0 Å². The van der Waals surface area contributed by atoms with Crippen molar-refractivity contribution in [2.24, 2.45) is 0 Å². The van der Waals surface area contributed by atoms with Gasteiger partial charge in [0.2, 0.25) is 5.91 Å². The molecule has 1 atom stereocenters. The number of carbonyl (C=O) groups is 2. The van der Waals surface area contributed by atoms with E-state index in [-0.39, 0.29) is 17.9 Å². The van der Waals surface area contributed by atoms with Gasteiger partial charge < -0.3 is 29.0 Å². The highest BCUT2D eigenvalue weighted by molar-refractivity contribution is 6.00. The fourth-order valence-corrected chi connectivity index (χ4v) is 5.70. The summed E-state index contributed by atoms with van der Waals surface area (Å²) in [5.41, 5.74) is 0.511. The van der Waals surface area contributed by atoms with Crippen molar-refractivity contribution in [3.8, 4) is 11.5 Å². The quantitative estimate of drug-likeness (QED) is 0.678. The van der Waals surface area contributed by atoms with Gasteiger partial charge in [-0.05, 0) is 64.0 Å². The Hall–Kier alpha value is -2.58. The molecule has 1 aliphatic carbocycles. The van der Waals surface area contributed by atoms with E-state index < -0.39 is 5.54 Å². The minimum atomic E-state index is -0.949. The van der Waals surface area contributed by atoms with Crippen molar-refractivity contribution in [3.63, 3.8) is 0 Å². The molecule has 34 heavy (non-hydrogen) atoms. The molecule has 1 saturated heterocycles. The van der Waals surface area contributed by atoms with Gasteiger partial charge >= 0.3 is 0 Å². The summed E-state index contributed by atoms with van der Waals surface area (Å²) in [6.07, 6.45) is 6.83. The van der Waals surface area contributed by atoms with E-state index in [1.54, 1.807) is 6.26 Å². The lowest BCUT2D eigenvalue weighted by atomic mass is 9.93. The number of carbonyl (C=O) groups excluding carboxylic acids is 2. The Balaban J connectivity index is 1.38. The Morgan fingerprint density at radius 3 is 2.53 bits per heavy atom. The van der Waals surface area contributed by atoms with Gasteiger partial charge in [0.15, 0.2) is 0 Å². The van der Waals surface area contributed by atoms with Crippen molar-refractivity contribution in [1.29, 1.82) is 0 Å². The molecule has 1 saturated carbocycles. The Kier molecular flexibility index (Phi) is 6.53. The van der Waals surface area contributed by atoms with Crippen LogP contribution in [0.5, 0.6) is 0 Å². The van der Waals surface area contributed by atoms with Crippen molar-refractivity contribution in [1.82, 2.24) is 24.6 Å². The molecule has 2 aromatic rings. The van der Waals surface area contributed by atoms with Crippen molar-refractivity contribution < 1.29 is 14.0 Å². The normalized spacial score (nSPS) is 24.5. The molecule has 2 aromatic heterocycles. The van der Waals surface area contributed by atoms with Gasteiger partial charge in [0.25, 0.3) is 5.91 Å². The zero-order valence-electron chi connectivity index (χ0n) is 20.5. The monoisotopic (exact) mass is 467 g/mol. The van der Waals surface area contributed by atoms with Gasteiger partial charge in [0, 0.05) is 38.8 Å². The summed E-state index contributed by atoms with van der Waals surface area (Å²) in [5.74, 6) is 0.588. The van der Waals surface area contributed by atoms with Crippen LogP contribution in [0.1, 0.15) is 49.5 Å². The predicted octanol–water partition coefficient (Wildman–Crippen LogP) is 2.66. The molecule has 0 aromatic carbocycles. The van der Waals surface area contributed by atoms with Crippen LogP contribution in [0.2, 0.25) is 0 Å². The first kappa shape index (κ1) is 23.2. The highest BCUT2D eigenvalue weighted by Gasteiger charge is 2.48. The number of fused-ring (bicyclic) bond motifs is 1. The smallest absolute Gasteiger partial charge is 0.271 e. The first-order valence-electron chi connectivity index (χ1n) is 12.7. The van der Waals surface area contributed by atoms with Crippen LogP contribution in [0.15, 0.2) is 34.9 Å². The third kappa shape index (κ3) is 4.41. The van der Waals surface area contributed by atoms with Crippen LogP contribution in [-0.4, -0.2) is 89.0 Å². The SMILES string of the molecule is CN1CCN(CCCN2C(=O)c3ccc(-c4ccco4)n3C[C@@]2(C)C(=O)NC2CCCC2)CC1.